The Kier molecular flexibility index (Phi) is 5.12. The molecule has 0 bridgehead atoms. The van der Waals surface area contributed by atoms with Gasteiger partial charge in [-0.25, -0.2) is 0 Å². The van der Waals surface area contributed by atoms with E-state index in [4.69, 9.17) is 0 Å². The molecule has 1 aromatic heterocycles. The van der Waals surface area contributed by atoms with E-state index in [1.807, 2.05) is 6.20 Å². The average Bonchev–Trinajstić information content (AvgIpc) is 2.63. The van der Waals surface area contributed by atoms with E-state index in [0.29, 0.717) is 0 Å². The minimum Gasteiger partial charge on any atom is -0.317 e. The van der Waals surface area contributed by atoms with Crippen molar-refractivity contribution in [3.63, 3.8) is 0 Å². The molecule has 0 amide bonds. The molecular formula is C11H20ClN3. The van der Waals surface area contributed by atoms with Gasteiger partial charge in [0.25, 0.3) is 0 Å². The number of nitrogens with one attached hydrogen (secondary N) is 1. The predicted octanol–water partition coefficient (Wildman–Crippen LogP) is 2.00. The Morgan fingerprint density at radius 3 is 2.80 bits per heavy atom. The van der Waals surface area contributed by atoms with Crippen LogP contribution in [0.4, 0.5) is 0 Å². The van der Waals surface area contributed by atoms with Crippen molar-refractivity contribution in [1.82, 2.24) is 15.1 Å². The maximum atomic E-state index is 4.30. The molecule has 86 valence electrons. The van der Waals surface area contributed by atoms with E-state index in [1.165, 1.54) is 37.9 Å². The third-order valence-corrected chi connectivity index (χ3v) is 2.99. The summed E-state index contributed by atoms with van der Waals surface area (Å²) in [5, 5.41) is 7.70. The van der Waals surface area contributed by atoms with Gasteiger partial charge in [-0.15, -0.1) is 12.4 Å². The second kappa shape index (κ2) is 6.13. The number of hydrogen-bond donors (Lipinski definition) is 1. The number of halogens is 1. The van der Waals surface area contributed by atoms with Crippen LogP contribution < -0.4 is 5.32 Å². The van der Waals surface area contributed by atoms with Gasteiger partial charge in [-0.2, -0.15) is 5.10 Å². The van der Waals surface area contributed by atoms with Crippen molar-refractivity contribution in [1.29, 1.82) is 0 Å². The molecule has 1 fully saturated rings. The lowest BCUT2D eigenvalue weighted by Gasteiger charge is -2.22. The Morgan fingerprint density at radius 1 is 1.47 bits per heavy atom. The van der Waals surface area contributed by atoms with Crippen LogP contribution in [0.1, 0.15) is 24.8 Å². The van der Waals surface area contributed by atoms with Crippen LogP contribution in [0, 0.1) is 12.8 Å². The molecule has 0 radical (unpaired) electrons. The van der Waals surface area contributed by atoms with E-state index in [1.54, 1.807) is 0 Å². The minimum atomic E-state index is 0. The lowest BCUT2D eigenvalue weighted by molar-refractivity contribution is 0.332. The molecule has 0 aromatic carbocycles. The van der Waals surface area contributed by atoms with Crippen LogP contribution in [0.3, 0.4) is 0 Å². The van der Waals surface area contributed by atoms with Gasteiger partial charge in [-0.1, -0.05) is 0 Å². The summed E-state index contributed by atoms with van der Waals surface area (Å²) >= 11 is 0. The number of aryl methyl sites for hydroxylation is 2. The second-order valence-corrected chi connectivity index (χ2v) is 4.26. The van der Waals surface area contributed by atoms with Gasteiger partial charge in [0.2, 0.25) is 0 Å². The van der Waals surface area contributed by atoms with Crippen LogP contribution in [0.2, 0.25) is 0 Å². The van der Waals surface area contributed by atoms with Crippen molar-refractivity contribution in [2.75, 3.05) is 13.1 Å². The number of piperidine rings is 1. The molecule has 3 nitrogen and oxygen atoms in total. The molecule has 0 atom stereocenters. The van der Waals surface area contributed by atoms with Gasteiger partial charge in [-0.05, 0) is 50.8 Å². The maximum absolute atomic E-state index is 4.30. The molecule has 0 unspecified atom stereocenters. The van der Waals surface area contributed by atoms with Crippen molar-refractivity contribution in [2.24, 2.45) is 5.92 Å². The Hall–Kier alpha value is -0.540. The van der Waals surface area contributed by atoms with Crippen molar-refractivity contribution < 1.29 is 0 Å². The van der Waals surface area contributed by atoms with E-state index in [9.17, 15) is 0 Å². The molecule has 15 heavy (non-hydrogen) atoms. The van der Waals surface area contributed by atoms with Crippen LogP contribution in [-0.2, 0) is 6.54 Å². The van der Waals surface area contributed by atoms with Crippen molar-refractivity contribution in [3.05, 3.63) is 18.0 Å². The highest BCUT2D eigenvalue weighted by molar-refractivity contribution is 5.85. The molecule has 2 heterocycles. The fourth-order valence-corrected chi connectivity index (χ4v) is 2.07. The molecule has 1 aliphatic rings. The lowest BCUT2D eigenvalue weighted by atomic mass is 9.95. The van der Waals surface area contributed by atoms with E-state index in [0.717, 1.165) is 12.5 Å². The average molecular weight is 230 g/mol. The Balaban J connectivity index is 0.00000112. The Labute approximate surface area is 97.7 Å². The van der Waals surface area contributed by atoms with E-state index in [-0.39, 0.29) is 12.4 Å². The van der Waals surface area contributed by atoms with Crippen LogP contribution in [0.25, 0.3) is 0 Å². The minimum absolute atomic E-state index is 0. The molecule has 0 spiro atoms. The highest BCUT2D eigenvalue weighted by Gasteiger charge is 2.12. The third kappa shape index (κ3) is 3.84. The molecule has 1 N–H and O–H groups in total. The molecule has 2 rings (SSSR count). The molecule has 4 heteroatoms. The summed E-state index contributed by atoms with van der Waals surface area (Å²) in [6, 6.07) is 0. The smallest absolute Gasteiger partial charge is 0.0518 e. The predicted molar refractivity (Wildman–Crippen MR) is 64.4 cm³/mol. The molecular weight excluding hydrogens is 210 g/mol. The van der Waals surface area contributed by atoms with E-state index >= 15 is 0 Å². The first-order valence-corrected chi connectivity index (χ1v) is 5.54. The van der Waals surface area contributed by atoms with Gasteiger partial charge in [-0.3, -0.25) is 4.68 Å². The zero-order chi connectivity index (χ0) is 9.80. The van der Waals surface area contributed by atoms with E-state index in [2.05, 4.69) is 28.2 Å². The van der Waals surface area contributed by atoms with Crippen LogP contribution in [0.5, 0.6) is 0 Å². The fraction of sp³-hybridized carbons (Fsp3) is 0.727. The summed E-state index contributed by atoms with van der Waals surface area (Å²) < 4.78 is 2.07. The SMILES string of the molecule is Cc1cnn(CCC2CCNCC2)c1.Cl. The van der Waals surface area contributed by atoms with Crippen LogP contribution >= 0.6 is 12.4 Å². The van der Waals surface area contributed by atoms with Crippen LogP contribution in [0.15, 0.2) is 12.4 Å². The van der Waals surface area contributed by atoms with Gasteiger partial charge >= 0.3 is 0 Å². The normalized spacial score (nSPS) is 17.4. The maximum Gasteiger partial charge on any atom is 0.0518 e. The molecule has 1 saturated heterocycles. The van der Waals surface area contributed by atoms with E-state index < -0.39 is 0 Å². The zero-order valence-corrected chi connectivity index (χ0v) is 10.1. The Morgan fingerprint density at radius 2 is 2.20 bits per heavy atom. The number of rotatable bonds is 3. The number of aromatic nitrogens is 2. The Bertz CT molecular complexity index is 279. The lowest BCUT2D eigenvalue weighted by Crippen LogP contribution is -2.28. The summed E-state index contributed by atoms with van der Waals surface area (Å²) in [5.41, 5.74) is 1.26. The monoisotopic (exact) mass is 229 g/mol. The van der Waals surface area contributed by atoms with Crippen molar-refractivity contribution in [3.8, 4) is 0 Å². The molecule has 0 aliphatic carbocycles. The fourth-order valence-electron chi connectivity index (χ4n) is 2.07. The first kappa shape index (κ1) is 12.5. The summed E-state index contributed by atoms with van der Waals surface area (Å²) in [4.78, 5) is 0. The quantitative estimate of drug-likeness (QED) is 0.860. The topological polar surface area (TPSA) is 29.9 Å². The van der Waals surface area contributed by atoms with Crippen molar-refractivity contribution in [2.45, 2.75) is 32.7 Å². The van der Waals surface area contributed by atoms with Gasteiger partial charge in [0, 0.05) is 12.7 Å². The highest BCUT2D eigenvalue weighted by Crippen LogP contribution is 2.16. The highest BCUT2D eigenvalue weighted by atomic mass is 35.5. The number of nitrogens with zero attached hydrogens (tertiary/aromatic N) is 2. The first-order valence-electron chi connectivity index (χ1n) is 5.54. The van der Waals surface area contributed by atoms with Gasteiger partial charge in [0.1, 0.15) is 0 Å². The summed E-state index contributed by atoms with van der Waals surface area (Å²) in [7, 11) is 0. The molecule has 1 aliphatic heterocycles. The zero-order valence-electron chi connectivity index (χ0n) is 9.28. The second-order valence-electron chi connectivity index (χ2n) is 4.26. The molecule has 1 aromatic rings. The summed E-state index contributed by atoms with van der Waals surface area (Å²) in [6.07, 6.45) is 8.01. The number of hydrogen-bond acceptors (Lipinski definition) is 2. The standard InChI is InChI=1S/C11H19N3.ClH/c1-10-8-13-14(9-10)7-4-11-2-5-12-6-3-11;/h8-9,11-12H,2-7H2,1H3;1H. The third-order valence-electron chi connectivity index (χ3n) is 2.99. The van der Waals surface area contributed by atoms with Gasteiger partial charge in [0.15, 0.2) is 0 Å². The summed E-state index contributed by atoms with van der Waals surface area (Å²) in [6.45, 7) is 5.57. The van der Waals surface area contributed by atoms with Crippen molar-refractivity contribution >= 4 is 12.4 Å². The summed E-state index contributed by atoms with van der Waals surface area (Å²) in [5.74, 6) is 0.903. The largest absolute Gasteiger partial charge is 0.317 e. The van der Waals surface area contributed by atoms with Crippen LogP contribution in [-0.4, -0.2) is 22.9 Å². The first-order chi connectivity index (χ1) is 6.84. The van der Waals surface area contributed by atoms with Gasteiger partial charge < -0.3 is 5.32 Å². The molecule has 0 saturated carbocycles. The van der Waals surface area contributed by atoms with Gasteiger partial charge in [0.05, 0.1) is 6.20 Å².